The lowest BCUT2D eigenvalue weighted by Gasteiger charge is -2.09. The zero-order valence-electron chi connectivity index (χ0n) is 14.7. The van der Waals surface area contributed by atoms with Crippen molar-refractivity contribution in [2.24, 2.45) is 0 Å². The number of carbonyl (C=O) groups is 1. The van der Waals surface area contributed by atoms with E-state index in [-0.39, 0.29) is 11.7 Å². The first kappa shape index (κ1) is 19.1. The molecule has 0 saturated carbocycles. The molecule has 3 aromatic rings. The number of halogens is 1. The Morgan fingerprint density at radius 3 is 2.96 bits per heavy atom. The van der Waals surface area contributed by atoms with Crippen LogP contribution in [-0.4, -0.2) is 40.1 Å². The van der Waals surface area contributed by atoms with Crippen molar-refractivity contribution in [2.45, 2.75) is 18.1 Å². The molecule has 0 aliphatic carbocycles. The van der Waals surface area contributed by atoms with Crippen molar-refractivity contribution in [3.8, 4) is 11.6 Å². The van der Waals surface area contributed by atoms with Gasteiger partial charge in [-0.3, -0.25) is 9.36 Å². The van der Waals surface area contributed by atoms with Crippen LogP contribution < -0.4 is 5.32 Å². The van der Waals surface area contributed by atoms with Crippen molar-refractivity contribution in [1.29, 1.82) is 0 Å². The highest BCUT2D eigenvalue weighted by atomic mass is 32.2. The molecule has 0 bridgehead atoms. The predicted molar refractivity (Wildman–Crippen MR) is 100.0 cm³/mol. The van der Waals surface area contributed by atoms with Crippen LogP contribution in [0.2, 0.25) is 0 Å². The first-order valence-electron chi connectivity index (χ1n) is 8.31. The van der Waals surface area contributed by atoms with Gasteiger partial charge in [0.1, 0.15) is 5.82 Å². The highest BCUT2D eigenvalue weighted by Crippen LogP contribution is 2.25. The third kappa shape index (κ3) is 5.18. The van der Waals surface area contributed by atoms with Gasteiger partial charge in [0.2, 0.25) is 5.91 Å². The minimum absolute atomic E-state index is 0.122. The van der Waals surface area contributed by atoms with Crippen molar-refractivity contribution in [2.75, 3.05) is 24.8 Å². The molecule has 142 valence electrons. The van der Waals surface area contributed by atoms with E-state index in [9.17, 15) is 9.18 Å². The van der Waals surface area contributed by atoms with Gasteiger partial charge in [0.05, 0.1) is 12.0 Å². The Kier molecular flexibility index (Phi) is 6.61. The van der Waals surface area contributed by atoms with Crippen LogP contribution in [0.5, 0.6) is 0 Å². The number of anilines is 1. The molecule has 9 heteroatoms. The van der Waals surface area contributed by atoms with E-state index in [2.05, 4.69) is 15.5 Å². The summed E-state index contributed by atoms with van der Waals surface area (Å²) in [4.78, 5) is 12.2. The lowest BCUT2D eigenvalue weighted by Crippen LogP contribution is -2.15. The van der Waals surface area contributed by atoms with Gasteiger partial charge in [-0.1, -0.05) is 17.8 Å². The SMILES string of the molecule is COCCCn1c(SCC(=O)Nc2cccc(F)c2)nnc1-c1ccco1. The fraction of sp³-hybridized carbons (Fsp3) is 0.278. The molecule has 2 aromatic heterocycles. The third-order valence-corrected chi connectivity index (χ3v) is 4.60. The van der Waals surface area contributed by atoms with E-state index in [1.54, 1.807) is 31.6 Å². The molecule has 0 atom stereocenters. The Hall–Kier alpha value is -2.65. The summed E-state index contributed by atoms with van der Waals surface area (Å²) in [5, 5.41) is 11.6. The number of furan rings is 1. The quantitative estimate of drug-likeness (QED) is 0.445. The largest absolute Gasteiger partial charge is 0.461 e. The first-order valence-corrected chi connectivity index (χ1v) is 9.30. The number of ether oxygens (including phenoxy) is 1. The van der Waals surface area contributed by atoms with Crippen LogP contribution >= 0.6 is 11.8 Å². The molecule has 1 N–H and O–H groups in total. The van der Waals surface area contributed by atoms with Gasteiger partial charge in [-0.25, -0.2) is 4.39 Å². The second-order valence-corrected chi connectivity index (χ2v) is 6.57. The Morgan fingerprint density at radius 1 is 1.33 bits per heavy atom. The van der Waals surface area contributed by atoms with Crippen LogP contribution in [0.4, 0.5) is 10.1 Å². The monoisotopic (exact) mass is 390 g/mol. The number of thioether (sulfide) groups is 1. The minimum atomic E-state index is -0.401. The van der Waals surface area contributed by atoms with E-state index in [0.717, 1.165) is 6.42 Å². The van der Waals surface area contributed by atoms with Gasteiger partial charge >= 0.3 is 0 Å². The van der Waals surface area contributed by atoms with Gasteiger partial charge < -0.3 is 14.5 Å². The van der Waals surface area contributed by atoms with Crippen molar-refractivity contribution >= 4 is 23.4 Å². The van der Waals surface area contributed by atoms with E-state index in [1.807, 2.05) is 10.6 Å². The van der Waals surface area contributed by atoms with E-state index >= 15 is 0 Å². The molecule has 7 nitrogen and oxygen atoms in total. The molecule has 0 radical (unpaired) electrons. The Morgan fingerprint density at radius 2 is 2.22 bits per heavy atom. The maximum absolute atomic E-state index is 13.2. The van der Waals surface area contributed by atoms with E-state index in [0.29, 0.717) is 35.6 Å². The van der Waals surface area contributed by atoms with Crippen molar-refractivity contribution in [1.82, 2.24) is 14.8 Å². The van der Waals surface area contributed by atoms with Gasteiger partial charge in [0.25, 0.3) is 0 Å². The topological polar surface area (TPSA) is 82.2 Å². The number of benzene rings is 1. The smallest absolute Gasteiger partial charge is 0.234 e. The molecule has 0 spiro atoms. The number of amides is 1. The Labute approximate surface area is 159 Å². The van der Waals surface area contributed by atoms with Gasteiger partial charge in [0, 0.05) is 25.9 Å². The summed E-state index contributed by atoms with van der Waals surface area (Å²) in [5.74, 6) is 0.676. The normalized spacial score (nSPS) is 10.9. The maximum atomic E-state index is 13.2. The summed E-state index contributed by atoms with van der Waals surface area (Å²) in [7, 11) is 1.64. The van der Waals surface area contributed by atoms with Crippen LogP contribution in [0, 0.1) is 5.82 Å². The van der Waals surface area contributed by atoms with Gasteiger partial charge in [-0.2, -0.15) is 0 Å². The molecule has 1 aromatic carbocycles. The van der Waals surface area contributed by atoms with Crippen LogP contribution in [0.1, 0.15) is 6.42 Å². The summed E-state index contributed by atoms with van der Waals surface area (Å²) in [6.07, 6.45) is 2.34. The molecule has 0 unspecified atom stereocenters. The predicted octanol–water partition coefficient (Wildman–Crippen LogP) is 3.44. The average Bonchev–Trinajstić information content (AvgIpc) is 3.30. The second kappa shape index (κ2) is 9.33. The lowest BCUT2D eigenvalue weighted by atomic mass is 10.3. The van der Waals surface area contributed by atoms with Gasteiger partial charge in [-0.05, 0) is 36.8 Å². The van der Waals surface area contributed by atoms with Crippen LogP contribution in [0.25, 0.3) is 11.6 Å². The molecular formula is C18H19FN4O3S. The number of aromatic nitrogens is 3. The third-order valence-electron chi connectivity index (χ3n) is 3.63. The Balaban J connectivity index is 1.67. The fourth-order valence-corrected chi connectivity index (χ4v) is 3.21. The fourth-order valence-electron chi connectivity index (χ4n) is 2.45. The Bertz CT molecular complexity index is 883. The van der Waals surface area contributed by atoms with Crippen LogP contribution in [0.15, 0.2) is 52.2 Å². The van der Waals surface area contributed by atoms with E-state index in [4.69, 9.17) is 9.15 Å². The molecule has 3 rings (SSSR count). The standard InChI is InChI=1S/C18H19FN4O3S/c1-25-9-4-8-23-17(15-7-3-10-26-15)21-22-18(23)27-12-16(24)20-14-6-2-5-13(19)11-14/h2-3,5-7,10-11H,4,8-9,12H2,1H3,(H,20,24). The number of carbonyl (C=O) groups excluding carboxylic acids is 1. The highest BCUT2D eigenvalue weighted by Gasteiger charge is 2.17. The molecule has 0 fully saturated rings. The van der Waals surface area contributed by atoms with Crippen molar-refractivity contribution < 1.29 is 18.3 Å². The average molecular weight is 390 g/mol. The van der Waals surface area contributed by atoms with E-state index < -0.39 is 5.82 Å². The van der Waals surface area contributed by atoms with Crippen molar-refractivity contribution in [3.05, 3.63) is 48.5 Å². The van der Waals surface area contributed by atoms with Crippen LogP contribution in [0.3, 0.4) is 0 Å². The molecule has 0 saturated heterocycles. The molecule has 0 aliphatic rings. The van der Waals surface area contributed by atoms with Gasteiger partial charge in [0.15, 0.2) is 16.7 Å². The highest BCUT2D eigenvalue weighted by molar-refractivity contribution is 7.99. The number of nitrogens with one attached hydrogen (secondary N) is 1. The summed E-state index contributed by atoms with van der Waals surface area (Å²) < 4.78 is 25.6. The molecule has 0 aliphatic heterocycles. The summed E-state index contributed by atoms with van der Waals surface area (Å²) >= 11 is 1.26. The second-order valence-electron chi connectivity index (χ2n) is 5.63. The number of hydrogen-bond acceptors (Lipinski definition) is 6. The number of rotatable bonds is 9. The number of nitrogens with zero attached hydrogens (tertiary/aromatic N) is 3. The summed E-state index contributed by atoms with van der Waals surface area (Å²) in [6, 6.07) is 9.35. The zero-order valence-corrected chi connectivity index (χ0v) is 15.5. The molecular weight excluding hydrogens is 371 g/mol. The molecule has 27 heavy (non-hydrogen) atoms. The number of hydrogen-bond donors (Lipinski definition) is 1. The van der Waals surface area contributed by atoms with Crippen molar-refractivity contribution in [3.63, 3.8) is 0 Å². The molecule has 1 amide bonds. The zero-order chi connectivity index (χ0) is 19.1. The first-order chi connectivity index (χ1) is 13.2. The van der Waals surface area contributed by atoms with E-state index in [1.165, 1.54) is 23.9 Å². The van der Waals surface area contributed by atoms with Gasteiger partial charge in [-0.15, -0.1) is 10.2 Å². The maximum Gasteiger partial charge on any atom is 0.234 e. The lowest BCUT2D eigenvalue weighted by molar-refractivity contribution is -0.113. The minimum Gasteiger partial charge on any atom is -0.461 e. The van der Waals surface area contributed by atoms with Crippen LogP contribution in [-0.2, 0) is 16.1 Å². The molecule has 2 heterocycles. The number of methoxy groups -OCH3 is 1. The summed E-state index contributed by atoms with van der Waals surface area (Å²) in [6.45, 7) is 1.23. The summed E-state index contributed by atoms with van der Waals surface area (Å²) in [5.41, 5.74) is 0.415.